The summed E-state index contributed by atoms with van der Waals surface area (Å²) in [6.45, 7) is 5.77. The smallest absolute Gasteiger partial charge is 0.261 e. The van der Waals surface area contributed by atoms with E-state index in [1.807, 2.05) is 20.8 Å². The number of anilines is 1. The minimum absolute atomic E-state index is 0.117. The van der Waals surface area contributed by atoms with Crippen LogP contribution >= 0.6 is 0 Å². The molecule has 0 aliphatic rings. The molecule has 0 saturated carbocycles. The molecular formula is C17H22N4O2S. The van der Waals surface area contributed by atoms with Crippen LogP contribution in [0.1, 0.15) is 26.3 Å². The van der Waals surface area contributed by atoms with Gasteiger partial charge < -0.3 is 16.0 Å². The van der Waals surface area contributed by atoms with Crippen molar-refractivity contribution < 1.29 is 4.21 Å². The summed E-state index contributed by atoms with van der Waals surface area (Å²) in [6, 6.07) is 8.72. The van der Waals surface area contributed by atoms with Gasteiger partial charge in [-0.15, -0.1) is 0 Å². The van der Waals surface area contributed by atoms with E-state index in [2.05, 4.69) is 15.3 Å². The fourth-order valence-electron chi connectivity index (χ4n) is 2.13. The molecule has 0 amide bonds. The molecule has 1 unspecified atom stereocenters. The van der Waals surface area contributed by atoms with Gasteiger partial charge in [0.15, 0.2) is 0 Å². The first-order valence-corrected chi connectivity index (χ1v) is 8.65. The van der Waals surface area contributed by atoms with Crippen LogP contribution < -0.4 is 16.6 Å². The molecule has 1 heterocycles. The van der Waals surface area contributed by atoms with Crippen LogP contribution in [-0.4, -0.2) is 26.8 Å². The second-order valence-corrected chi connectivity index (χ2v) is 8.45. The van der Waals surface area contributed by atoms with Gasteiger partial charge in [0, 0.05) is 22.9 Å². The molecule has 1 aromatic heterocycles. The molecule has 0 saturated heterocycles. The topological polar surface area (TPSA) is 100 Å². The highest BCUT2D eigenvalue weighted by Gasteiger charge is 2.21. The van der Waals surface area contributed by atoms with Crippen molar-refractivity contribution in [1.82, 2.24) is 4.98 Å². The van der Waals surface area contributed by atoms with Crippen molar-refractivity contribution in [2.75, 3.05) is 12.4 Å². The summed E-state index contributed by atoms with van der Waals surface area (Å²) < 4.78 is 12.0. The molecule has 0 radical (unpaired) electrons. The summed E-state index contributed by atoms with van der Waals surface area (Å²) in [4.78, 5) is 19.6. The van der Waals surface area contributed by atoms with E-state index < -0.39 is 10.8 Å². The van der Waals surface area contributed by atoms with Crippen molar-refractivity contribution in [1.29, 1.82) is 0 Å². The Morgan fingerprint density at radius 1 is 1.21 bits per heavy atom. The number of aliphatic imine (C=N–C) groups is 1. The zero-order chi connectivity index (χ0) is 17.9. The number of nitrogens with two attached hydrogens (primary N) is 1. The second-order valence-electron chi connectivity index (χ2n) is 6.22. The molecular weight excluding hydrogens is 324 g/mol. The van der Waals surface area contributed by atoms with E-state index in [-0.39, 0.29) is 16.1 Å². The van der Waals surface area contributed by atoms with Crippen LogP contribution in [0.5, 0.6) is 0 Å². The maximum atomic E-state index is 12.3. The molecule has 2 rings (SSSR count). The van der Waals surface area contributed by atoms with E-state index in [1.165, 1.54) is 0 Å². The highest BCUT2D eigenvalue weighted by Crippen LogP contribution is 2.23. The van der Waals surface area contributed by atoms with Gasteiger partial charge >= 0.3 is 0 Å². The van der Waals surface area contributed by atoms with Gasteiger partial charge in [-0.05, 0) is 51.1 Å². The number of aromatic amines is 1. The van der Waals surface area contributed by atoms with Crippen LogP contribution in [0.15, 0.2) is 51.2 Å². The summed E-state index contributed by atoms with van der Waals surface area (Å²) in [5.41, 5.74) is 7.18. The number of aromatic nitrogens is 1. The number of hydrogen-bond donors (Lipinski definition) is 3. The number of nitrogens with one attached hydrogen (secondary N) is 2. The van der Waals surface area contributed by atoms with Gasteiger partial charge in [-0.25, -0.2) is 4.99 Å². The average Bonchev–Trinajstić information content (AvgIpc) is 2.53. The van der Waals surface area contributed by atoms with Crippen LogP contribution in [0.25, 0.3) is 0 Å². The van der Waals surface area contributed by atoms with Gasteiger partial charge in [0.05, 0.1) is 22.2 Å². The first kappa shape index (κ1) is 17.9. The maximum absolute atomic E-state index is 12.3. The standard InChI is InChI=1S/C17H22N4O2S/c1-17(2,3)24(23)12-7-5-11(6-8-12)21-15(18)14-13(19-4)9-10-20-16(14)22/h5-10H,1-4H3,(H2,18,21)(H2,19,20,22). The van der Waals surface area contributed by atoms with Crippen molar-refractivity contribution in [3.8, 4) is 0 Å². The van der Waals surface area contributed by atoms with E-state index >= 15 is 0 Å². The molecule has 0 aliphatic heterocycles. The SMILES string of the molecule is CNc1cc[nH]c(=O)c1C(N)=Nc1ccc(S(=O)C(C)(C)C)cc1. The molecule has 0 spiro atoms. The third kappa shape index (κ3) is 3.91. The fraction of sp³-hybridized carbons (Fsp3) is 0.294. The average molecular weight is 346 g/mol. The maximum Gasteiger partial charge on any atom is 0.261 e. The first-order valence-electron chi connectivity index (χ1n) is 7.50. The molecule has 4 N–H and O–H groups in total. The van der Waals surface area contributed by atoms with E-state index in [9.17, 15) is 9.00 Å². The molecule has 7 heteroatoms. The predicted octanol–water partition coefficient (Wildman–Crippen LogP) is 2.36. The summed E-state index contributed by atoms with van der Waals surface area (Å²) in [5, 5.41) is 2.92. The van der Waals surface area contributed by atoms with E-state index in [0.717, 1.165) is 4.90 Å². The Morgan fingerprint density at radius 2 is 1.83 bits per heavy atom. The monoisotopic (exact) mass is 346 g/mol. The summed E-state index contributed by atoms with van der Waals surface area (Å²) in [7, 11) is 0.599. The Labute approximate surface area is 143 Å². The molecule has 1 aromatic carbocycles. The van der Waals surface area contributed by atoms with Gasteiger partial charge in [0.25, 0.3) is 5.56 Å². The third-order valence-electron chi connectivity index (χ3n) is 3.34. The minimum atomic E-state index is -1.11. The Bertz CT molecular complexity index is 833. The zero-order valence-electron chi connectivity index (χ0n) is 14.2. The van der Waals surface area contributed by atoms with Gasteiger partial charge in [-0.2, -0.15) is 0 Å². The molecule has 24 heavy (non-hydrogen) atoms. The number of H-pyrrole nitrogens is 1. The van der Waals surface area contributed by atoms with Crippen LogP contribution in [0.3, 0.4) is 0 Å². The normalized spacial score (nSPS) is 13.6. The number of amidine groups is 1. The van der Waals surface area contributed by atoms with Crippen molar-refractivity contribution >= 4 is 28.0 Å². The molecule has 128 valence electrons. The molecule has 1 atom stereocenters. The summed E-state index contributed by atoms with van der Waals surface area (Å²) in [6.07, 6.45) is 1.54. The van der Waals surface area contributed by atoms with Crippen molar-refractivity contribution in [3.63, 3.8) is 0 Å². The van der Waals surface area contributed by atoms with Crippen LogP contribution in [-0.2, 0) is 10.8 Å². The van der Waals surface area contributed by atoms with Gasteiger partial charge in [0.2, 0.25) is 0 Å². The lowest BCUT2D eigenvalue weighted by molar-refractivity contribution is 0.649. The van der Waals surface area contributed by atoms with Crippen LogP contribution in [0, 0.1) is 0 Å². The highest BCUT2D eigenvalue weighted by atomic mass is 32.2. The number of benzene rings is 1. The lowest BCUT2D eigenvalue weighted by Crippen LogP contribution is -2.25. The second kappa shape index (κ2) is 7.00. The Kier molecular flexibility index (Phi) is 5.23. The van der Waals surface area contributed by atoms with Gasteiger partial charge in [0.1, 0.15) is 11.4 Å². The van der Waals surface area contributed by atoms with E-state index in [1.54, 1.807) is 43.6 Å². The summed E-state index contributed by atoms with van der Waals surface area (Å²) in [5.74, 6) is 0.117. The lowest BCUT2D eigenvalue weighted by Gasteiger charge is -2.17. The van der Waals surface area contributed by atoms with Crippen LogP contribution in [0.4, 0.5) is 11.4 Å². The lowest BCUT2D eigenvalue weighted by atomic mass is 10.2. The van der Waals surface area contributed by atoms with Crippen molar-refractivity contribution in [2.45, 2.75) is 30.4 Å². The molecule has 6 nitrogen and oxygen atoms in total. The largest absolute Gasteiger partial charge is 0.387 e. The third-order valence-corrected chi connectivity index (χ3v) is 5.16. The predicted molar refractivity (Wildman–Crippen MR) is 99.6 cm³/mol. The number of nitrogens with zero attached hydrogens (tertiary/aromatic N) is 1. The Hall–Kier alpha value is -2.41. The first-order chi connectivity index (χ1) is 11.2. The fourth-order valence-corrected chi connectivity index (χ4v) is 3.22. The van der Waals surface area contributed by atoms with Crippen molar-refractivity contribution in [2.24, 2.45) is 10.7 Å². The molecule has 0 fully saturated rings. The van der Waals surface area contributed by atoms with E-state index in [0.29, 0.717) is 16.9 Å². The number of hydrogen-bond acceptors (Lipinski definition) is 4. The highest BCUT2D eigenvalue weighted by molar-refractivity contribution is 7.86. The van der Waals surface area contributed by atoms with Gasteiger partial charge in [-0.3, -0.25) is 9.00 Å². The number of pyridine rings is 1. The zero-order valence-corrected chi connectivity index (χ0v) is 15.0. The molecule has 2 aromatic rings. The van der Waals surface area contributed by atoms with E-state index in [4.69, 9.17) is 5.73 Å². The minimum Gasteiger partial charge on any atom is -0.387 e. The van der Waals surface area contributed by atoms with Gasteiger partial charge in [-0.1, -0.05) is 0 Å². The van der Waals surface area contributed by atoms with Crippen molar-refractivity contribution in [3.05, 3.63) is 52.4 Å². The number of rotatable bonds is 4. The quantitative estimate of drug-likeness (QED) is 0.584. The summed E-state index contributed by atoms with van der Waals surface area (Å²) >= 11 is 0. The molecule has 0 bridgehead atoms. The molecule has 0 aliphatic carbocycles. The Morgan fingerprint density at radius 3 is 2.38 bits per heavy atom. The Balaban J connectivity index is 2.36. The van der Waals surface area contributed by atoms with Crippen LogP contribution in [0.2, 0.25) is 0 Å².